The largest absolute Gasteiger partial charge is 0.497 e. The second-order valence-corrected chi connectivity index (χ2v) is 4.64. The molecule has 1 N–H and O–H groups in total. The van der Waals surface area contributed by atoms with Crippen molar-refractivity contribution >= 4 is 11.5 Å². The molecule has 0 atom stereocenters. The highest BCUT2D eigenvalue weighted by Gasteiger charge is 2.12. The molecular weight excluding hydrogens is 282 g/mol. The topological polar surface area (TPSA) is 56.8 Å². The van der Waals surface area contributed by atoms with Gasteiger partial charge in [0.2, 0.25) is 6.79 Å². The summed E-state index contributed by atoms with van der Waals surface area (Å²) in [5.41, 5.74) is 1.39. The summed E-state index contributed by atoms with van der Waals surface area (Å²) in [4.78, 5) is 12.1. The number of allylic oxidation sites excluding steroid dienone is 1. The van der Waals surface area contributed by atoms with Gasteiger partial charge in [-0.2, -0.15) is 0 Å². The first-order valence-electron chi connectivity index (χ1n) is 6.77. The van der Waals surface area contributed by atoms with Gasteiger partial charge in [-0.25, -0.2) is 0 Å². The van der Waals surface area contributed by atoms with Crippen LogP contribution in [0.2, 0.25) is 0 Å². The van der Waals surface area contributed by atoms with Crippen molar-refractivity contribution in [2.24, 2.45) is 0 Å². The smallest absolute Gasteiger partial charge is 0.231 e. The lowest BCUT2D eigenvalue weighted by Gasteiger charge is -2.03. The number of carbonyl (C=O) groups excluding carboxylic acids is 1. The molecule has 0 aromatic heterocycles. The van der Waals surface area contributed by atoms with E-state index in [1.807, 2.05) is 18.2 Å². The van der Waals surface area contributed by atoms with E-state index in [0.717, 1.165) is 11.4 Å². The van der Waals surface area contributed by atoms with Crippen LogP contribution in [0.4, 0.5) is 5.69 Å². The lowest BCUT2D eigenvalue weighted by molar-refractivity contribution is 0.104. The van der Waals surface area contributed by atoms with Crippen LogP contribution in [0.3, 0.4) is 0 Å². The molecule has 0 fully saturated rings. The van der Waals surface area contributed by atoms with E-state index in [4.69, 9.17) is 14.2 Å². The van der Waals surface area contributed by atoms with Gasteiger partial charge in [-0.1, -0.05) is 12.1 Å². The molecule has 0 saturated carbocycles. The van der Waals surface area contributed by atoms with Gasteiger partial charge >= 0.3 is 0 Å². The summed E-state index contributed by atoms with van der Waals surface area (Å²) in [5.74, 6) is 1.97. The third-order valence-electron chi connectivity index (χ3n) is 3.21. The SMILES string of the molecule is COc1cccc(C(=O)C=CNc2ccc3c(c2)OCO3)c1. The Bertz CT molecular complexity index is 724. The second kappa shape index (κ2) is 6.22. The molecule has 0 amide bonds. The Morgan fingerprint density at radius 3 is 2.91 bits per heavy atom. The Labute approximate surface area is 128 Å². The molecule has 1 aliphatic rings. The van der Waals surface area contributed by atoms with Gasteiger partial charge in [0.1, 0.15) is 5.75 Å². The predicted molar refractivity (Wildman–Crippen MR) is 82.7 cm³/mol. The van der Waals surface area contributed by atoms with Gasteiger partial charge in [0.15, 0.2) is 17.3 Å². The maximum atomic E-state index is 12.1. The molecule has 112 valence electrons. The van der Waals surface area contributed by atoms with Crippen molar-refractivity contribution < 1.29 is 19.0 Å². The fraction of sp³-hybridized carbons (Fsp3) is 0.118. The number of rotatable bonds is 5. The lowest BCUT2D eigenvalue weighted by atomic mass is 10.1. The standard InChI is InChI=1S/C17H15NO4/c1-20-14-4-2-3-12(9-14)15(19)7-8-18-13-5-6-16-17(10-13)22-11-21-16/h2-10,18H,11H2,1H3. The van der Waals surface area contributed by atoms with E-state index >= 15 is 0 Å². The first-order chi connectivity index (χ1) is 10.8. The summed E-state index contributed by atoms with van der Waals surface area (Å²) in [7, 11) is 1.57. The molecule has 0 unspecified atom stereocenters. The summed E-state index contributed by atoms with van der Waals surface area (Å²) in [5, 5.41) is 3.04. The van der Waals surface area contributed by atoms with Crippen LogP contribution in [0, 0.1) is 0 Å². The predicted octanol–water partition coefficient (Wildman–Crippen LogP) is 3.23. The second-order valence-electron chi connectivity index (χ2n) is 4.64. The van der Waals surface area contributed by atoms with Gasteiger partial charge in [-0.3, -0.25) is 4.79 Å². The number of hydrogen-bond donors (Lipinski definition) is 1. The molecule has 0 bridgehead atoms. The van der Waals surface area contributed by atoms with E-state index < -0.39 is 0 Å². The minimum Gasteiger partial charge on any atom is -0.497 e. The molecule has 5 nitrogen and oxygen atoms in total. The highest BCUT2D eigenvalue weighted by atomic mass is 16.7. The molecule has 1 heterocycles. The minimum absolute atomic E-state index is 0.104. The average Bonchev–Trinajstić information content (AvgIpc) is 3.02. The van der Waals surface area contributed by atoms with Gasteiger partial charge in [-0.15, -0.1) is 0 Å². The lowest BCUT2D eigenvalue weighted by Crippen LogP contribution is -1.97. The number of benzene rings is 2. The van der Waals surface area contributed by atoms with Crippen molar-refractivity contribution in [2.75, 3.05) is 19.2 Å². The Morgan fingerprint density at radius 2 is 2.05 bits per heavy atom. The Balaban J connectivity index is 1.65. The number of nitrogens with one attached hydrogen (secondary N) is 1. The Hall–Kier alpha value is -2.95. The zero-order valence-corrected chi connectivity index (χ0v) is 12.0. The average molecular weight is 297 g/mol. The molecule has 2 aromatic carbocycles. The normalized spacial score (nSPS) is 12.4. The third kappa shape index (κ3) is 3.03. The van der Waals surface area contributed by atoms with Crippen LogP contribution in [0.1, 0.15) is 10.4 Å². The highest BCUT2D eigenvalue weighted by Crippen LogP contribution is 2.34. The third-order valence-corrected chi connectivity index (χ3v) is 3.21. The maximum Gasteiger partial charge on any atom is 0.231 e. The summed E-state index contributed by atoms with van der Waals surface area (Å²) in [6.45, 7) is 0.239. The molecule has 3 rings (SSSR count). The molecule has 0 spiro atoms. The van der Waals surface area contributed by atoms with Crippen LogP contribution in [-0.4, -0.2) is 19.7 Å². The minimum atomic E-state index is -0.104. The van der Waals surface area contributed by atoms with Gasteiger partial charge < -0.3 is 19.5 Å². The first kappa shape index (κ1) is 14.0. The molecule has 0 aliphatic carbocycles. The van der Waals surface area contributed by atoms with Crippen molar-refractivity contribution in [3.8, 4) is 17.2 Å². The molecular formula is C17H15NO4. The number of ketones is 1. The van der Waals surface area contributed by atoms with E-state index in [1.54, 1.807) is 37.6 Å². The van der Waals surface area contributed by atoms with Gasteiger partial charge in [0.05, 0.1) is 7.11 Å². The van der Waals surface area contributed by atoms with Gasteiger partial charge in [-0.05, 0) is 24.3 Å². The van der Waals surface area contributed by atoms with Gasteiger partial charge in [0, 0.05) is 29.6 Å². The monoisotopic (exact) mass is 297 g/mol. The molecule has 22 heavy (non-hydrogen) atoms. The van der Waals surface area contributed by atoms with Crippen LogP contribution in [0.5, 0.6) is 17.2 Å². The quantitative estimate of drug-likeness (QED) is 0.678. The molecule has 5 heteroatoms. The summed E-state index contributed by atoms with van der Waals surface area (Å²) < 4.78 is 15.6. The molecule has 0 radical (unpaired) electrons. The number of anilines is 1. The number of hydrogen-bond acceptors (Lipinski definition) is 5. The van der Waals surface area contributed by atoms with E-state index in [2.05, 4.69) is 5.32 Å². The summed E-state index contributed by atoms with van der Waals surface area (Å²) >= 11 is 0. The van der Waals surface area contributed by atoms with E-state index in [0.29, 0.717) is 17.1 Å². The van der Waals surface area contributed by atoms with Crippen LogP contribution in [-0.2, 0) is 0 Å². The number of methoxy groups -OCH3 is 1. The Morgan fingerprint density at radius 1 is 1.18 bits per heavy atom. The van der Waals surface area contributed by atoms with Crippen molar-refractivity contribution in [3.05, 3.63) is 60.3 Å². The fourth-order valence-electron chi connectivity index (χ4n) is 2.07. The molecule has 0 saturated heterocycles. The zero-order valence-electron chi connectivity index (χ0n) is 12.0. The van der Waals surface area contributed by atoms with Crippen LogP contribution < -0.4 is 19.5 Å². The van der Waals surface area contributed by atoms with Crippen LogP contribution in [0.25, 0.3) is 0 Å². The van der Waals surface area contributed by atoms with E-state index in [-0.39, 0.29) is 12.6 Å². The van der Waals surface area contributed by atoms with Gasteiger partial charge in [0.25, 0.3) is 0 Å². The van der Waals surface area contributed by atoms with Crippen molar-refractivity contribution in [1.29, 1.82) is 0 Å². The Kier molecular flexibility index (Phi) is 3.96. The first-order valence-corrected chi connectivity index (χ1v) is 6.77. The number of fused-ring (bicyclic) bond motifs is 1. The van der Waals surface area contributed by atoms with Crippen LogP contribution >= 0.6 is 0 Å². The highest BCUT2D eigenvalue weighted by molar-refractivity contribution is 6.04. The summed E-state index contributed by atoms with van der Waals surface area (Å²) in [6.07, 6.45) is 3.07. The van der Waals surface area contributed by atoms with E-state index in [1.165, 1.54) is 6.08 Å². The van der Waals surface area contributed by atoms with E-state index in [9.17, 15) is 4.79 Å². The van der Waals surface area contributed by atoms with Crippen molar-refractivity contribution in [3.63, 3.8) is 0 Å². The summed E-state index contributed by atoms with van der Waals surface area (Å²) in [6, 6.07) is 12.5. The van der Waals surface area contributed by atoms with Crippen LogP contribution in [0.15, 0.2) is 54.7 Å². The number of carbonyl (C=O) groups is 1. The molecule has 1 aliphatic heterocycles. The number of ether oxygens (including phenoxy) is 3. The zero-order chi connectivity index (χ0) is 15.4. The molecule has 2 aromatic rings. The van der Waals surface area contributed by atoms with Crippen molar-refractivity contribution in [1.82, 2.24) is 0 Å². The maximum absolute atomic E-state index is 12.1. The van der Waals surface area contributed by atoms with Crippen molar-refractivity contribution in [2.45, 2.75) is 0 Å². The fourth-order valence-corrected chi connectivity index (χ4v) is 2.07.